The van der Waals surface area contributed by atoms with Crippen LogP contribution >= 0.6 is 0 Å². The maximum Gasteiger partial charge on any atom is 0.222 e. The highest BCUT2D eigenvalue weighted by molar-refractivity contribution is 5.78. The Balaban J connectivity index is 0.000000219. The van der Waals surface area contributed by atoms with Crippen LogP contribution in [0, 0.1) is 5.92 Å². The number of hydrogen-bond donors (Lipinski definition) is 0. The predicted octanol–water partition coefficient (Wildman–Crippen LogP) is 2.96. The molecule has 35 heavy (non-hydrogen) atoms. The lowest BCUT2D eigenvalue weighted by Gasteiger charge is -2.21. The van der Waals surface area contributed by atoms with Gasteiger partial charge in [0.25, 0.3) is 0 Å². The average Bonchev–Trinajstić information content (AvgIpc) is 3.43. The van der Waals surface area contributed by atoms with Crippen LogP contribution in [0.3, 0.4) is 0 Å². The Morgan fingerprint density at radius 1 is 0.571 bits per heavy atom. The number of likely N-dealkylation sites (N-methyl/N-ethyl adjacent to an activating group) is 1. The molecule has 0 bridgehead atoms. The predicted molar refractivity (Wildman–Crippen MR) is 143 cm³/mol. The Morgan fingerprint density at radius 2 is 1.00 bits per heavy atom. The molecule has 0 N–H and O–H groups in total. The van der Waals surface area contributed by atoms with Crippen molar-refractivity contribution in [2.75, 3.05) is 93.9 Å². The van der Waals surface area contributed by atoms with E-state index in [0.29, 0.717) is 11.8 Å². The normalized spacial score (nSPS) is 23.7. The number of likely N-dealkylation sites (tertiary alicyclic amines) is 3. The SMILES string of the molecule is CC1CCOCC1.CN1CCCC1=O.CN1CCCC1=O.CN1CCCCC1.CN1CCOCC1. The van der Waals surface area contributed by atoms with Gasteiger partial charge in [-0.15, -0.1) is 0 Å². The number of carbonyl (C=O) groups excluding carboxylic acids is 2. The zero-order valence-corrected chi connectivity index (χ0v) is 23.4. The fraction of sp³-hybridized carbons (Fsp3) is 0.926. The van der Waals surface area contributed by atoms with Gasteiger partial charge in [0, 0.05) is 66.3 Å². The van der Waals surface area contributed by atoms with E-state index in [9.17, 15) is 9.59 Å². The van der Waals surface area contributed by atoms with Crippen molar-refractivity contribution in [3.63, 3.8) is 0 Å². The molecule has 0 saturated carbocycles. The molecule has 0 spiro atoms. The van der Waals surface area contributed by atoms with Gasteiger partial charge in [0.05, 0.1) is 13.2 Å². The third kappa shape index (κ3) is 17.0. The lowest BCUT2D eigenvalue weighted by atomic mass is 10.0. The Morgan fingerprint density at radius 3 is 1.20 bits per heavy atom. The van der Waals surface area contributed by atoms with Gasteiger partial charge in [-0.05, 0) is 71.6 Å². The van der Waals surface area contributed by atoms with E-state index in [1.807, 2.05) is 14.1 Å². The highest BCUT2D eigenvalue weighted by Crippen LogP contribution is 2.12. The van der Waals surface area contributed by atoms with Gasteiger partial charge in [0.1, 0.15) is 0 Å². The molecule has 0 aromatic rings. The Kier molecular flexibility index (Phi) is 18.1. The number of piperidine rings is 1. The minimum atomic E-state index is 0.292. The van der Waals surface area contributed by atoms with Crippen molar-refractivity contribution in [2.24, 2.45) is 5.92 Å². The molecule has 5 fully saturated rings. The summed E-state index contributed by atoms with van der Waals surface area (Å²) in [7, 11) is 7.99. The van der Waals surface area contributed by atoms with E-state index in [4.69, 9.17) is 9.47 Å². The molecular weight excluding hydrogens is 444 g/mol. The van der Waals surface area contributed by atoms with Crippen molar-refractivity contribution in [1.82, 2.24) is 19.6 Å². The minimum absolute atomic E-state index is 0.292. The van der Waals surface area contributed by atoms with Gasteiger partial charge in [-0.1, -0.05) is 13.3 Å². The summed E-state index contributed by atoms with van der Waals surface area (Å²) in [4.78, 5) is 29.2. The van der Waals surface area contributed by atoms with Crippen molar-refractivity contribution in [1.29, 1.82) is 0 Å². The number of amides is 2. The fourth-order valence-electron chi connectivity index (χ4n) is 4.09. The largest absolute Gasteiger partial charge is 0.381 e. The van der Waals surface area contributed by atoms with Crippen LogP contribution in [0.2, 0.25) is 0 Å². The van der Waals surface area contributed by atoms with Crippen LogP contribution in [0.15, 0.2) is 0 Å². The molecule has 0 radical (unpaired) electrons. The second kappa shape index (κ2) is 19.9. The molecule has 5 saturated heterocycles. The van der Waals surface area contributed by atoms with Crippen LogP contribution in [0.4, 0.5) is 0 Å². The lowest BCUT2D eigenvalue weighted by molar-refractivity contribution is -0.127. The molecule has 8 nitrogen and oxygen atoms in total. The van der Waals surface area contributed by atoms with Gasteiger partial charge in [-0.3, -0.25) is 9.59 Å². The monoisotopic (exact) mass is 498 g/mol. The summed E-state index contributed by atoms with van der Waals surface area (Å²) in [5.74, 6) is 1.49. The number of carbonyl (C=O) groups is 2. The molecule has 5 heterocycles. The van der Waals surface area contributed by atoms with Crippen molar-refractivity contribution < 1.29 is 19.1 Å². The number of hydrogen-bond acceptors (Lipinski definition) is 6. The first kappa shape index (κ1) is 31.8. The molecule has 0 unspecified atom stereocenters. The van der Waals surface area contributed by atoms with Crippen molar-refractivity contribution in [3.05, 3.63) is 0 Å². The smallest absolute Gasteiger partial charge is 0.222 e. The molecule has 5 aliphatic heterocycles. The van der Waals surface area contributed by atoms with Crippen LogP contribution in [-0.4, -0.2) is 125 Å². The number of ether oxygens (including phenoxy) is 2. The molecule has 0 aliphatic carbocycles. The number of morpholine rings is 1. The summed E-state index contributed by atoms with van der Waals surface area (Å²) in [6, 6.07) is 0. The van der Waals surface area contributed by atoms with E-state index >= 15 is 0 Å². The van der Waals surface area contributed by atoms with Crippen molar-refractivity contribution in [2.45, 2.75) is 64.7 Å². The second-order valence-electron chi connectivity index (χ2n) is 10.4. The third-order valence-corrected chi connectivity index (χ3v) is 6.94. The second-order valence-corrected chi connectivity index (χ2v) is 10.4. The van der Waals surface area contributed by atoms with E-state index in [1.165, 1.54) is 45.2 Å². The van der Waals surface area contributed by atoms with Gasteiger partial charge < -0.3 is 29.1 Å². The van der Waals surface area contributed by atoms with Crippen molar-refractivity contribution in [3.8, 4) is 0 Å². The Hall–Kier alpha value is -1.22. The first-order chi connectivity index (χ1) is 16.8. The minimum Gasteiger partial charge on any atom is -0.381 e. The van der Waals surface area contributed by atoms with E-state index in [2.05, 4.69) is 30.8 Å². The van der Waals surface area contributed by atoms with Crippen LogP contribution in [0.5, 0.6) is 0 Å². The highest BCUT2D eigenvalue weighted by atomic mass is 16.5. The van der Waals surface area contributed by atoms with E-state index in [0.717, 1.165) is 84.2 Å². The quantitative estimate of drug-likeness (QED) is 0.512. The van der Waals surface area contributed by atoms with Gasteiger partial charge >= 0.3 is 0 Å². The van der Waals surface area contributed by atoms with Crippen LogP contribution in [0.1, 0.15) is 64.7 Å². The van der Waals surface area contributed by atoms with Gasteiger partial charge in [-0.2, -0.15) is 0 Å². The molecule has 8 heteroatoms. The topological polar surface area (TPSA) is 65.6 Å². The van der Waals surface area contributed by atoms with Crippen LogP contribution < -0.4 is 0 Å². The average molecular weight is 499 g/mol. The summed E-state index contributed by atoms with van der Waals surface area (Å²) in [6.45, 7) is 12.8. The summed E-state index contributed by atoms with van der Waals surface area (Å²) in [6.07, 6.45) is 10.4. The Bertz CT molecular complexity index is 483. The molecular formula is C27H54N4O4. The van der Waals surface area contributed by atoms with E-state index in [1.54, 1.807) is 9.80 Å². The summed E-state index contributed by atoms with van der Waals surface area (Å²) < 4.78 is 10.2. The lowest BCUT2D eigenvalue weighted by Crippen LogP contribution is -2.32. The van der Waals surface area contributed by atoms with Crippen LogP contribution in [-0.2, 0) is 19.1 Å². The van der Waals surface area contributed by atoms with Gasteiger partial charge in [-0.25, -0.2) is 0 Å². The van der Waals surface area contributed by atoms with Gasteiger partial charge in [0.2, 0.25) is 11.8 Å². The van der Waals surface area contributed by atoms with E-state index in [-0.39, 0.29) is 0 Å². The standard InChI is InChI=1S/C6H13N.C6H12O.C5H11NO.2C5H9NO/c1-7-5-3-2-4-6-7;2*1-6-2-4-7-5-3-6;2*1-6-4-2-3-5(6)7/h2-6H2,1H3;6H,2-5H2,1H3;2-5H2,1H3;2*2-4H2,1H3. The molecule has 0 aromatic carbocycles. The summed E-state index contributed by atoms with van der Waals surface area (Å²) >= 11 is 0. The first-order valence-electron chi connectivity index (χ1n) is 13.8. The van der Waals surface area contributed by atoms with Gasteiger partial charge in [0.15, 0.2) is 0 Å². The highest BCUT2D eigenvalue weighted by Gasteiger charge is 2.14. The van der Waals surface area contributed by atoms with Crippen molar-refractivity contribution >= 4 is 11.8 Å². The summed E-state index contributed by atoms with van der Waals surface area (Å²) in [5.41, 5.74) is 0. The zero-order valence-electron chi connectivity index (χ0n) is 23.4. The maximum atomic E-state index is 10.5. The number of nitrogens with zero attached hydrogens (tertiary/aromatic N) is 4. The molecule has 206 valence electrons. The summed E-state index contributed by atoms with van der Waals surface area (Å²) in [5, 5.41) is 0. The molecule has 5 aliphatic rings. The fourth-order valence-corrected chi connectivity index (χ4v) is 4.09. The van der Waals surface area contributed by atoms with E-state index < -0.39 is 0 Å². The zero-order chi connectivity index (χ0) is 25.9. The third-order valence-electron chi connectivity index (χ3n) is 6.94. The maximum absolute atomic E-state index is 10.5. The molecule has 0 aromatic heterocycles. The van der Waals surface area contributed by atoms with Crippen LogP contribution in [0.25, 0.3) is 0 Å². The number of rotatable bonds is 0. The molecule has 0 atom stereocenters. The first-order valence-corrected chi connectivity index (χ1v) is 13.8. The molecule has 5 rings (SSSR count). The molecule has 2 amide bonds. The Labute approximate surface area is 215 Å².